The Morgan fingerprint density at radius 1 is 1.22 bits per heavy atom. The highest BCUT2D eigenvalue weighted by Gasteiger charge is 2.41. The maximum Gasteiger partial charge on any atom is 0.192 e. The molecular weight excluding hydrogens is 236 g/mol. The lowest BCUT2D eigenvalue weighted by atomic mass is 9.78. The molecule has 0 aromatic rings. The molecule has 106 valence electrons. The first-order valence-corrected chi connectivity index (χ1v) is 10.3. The van der Waals surface area contributed by atoms with Crippen molar-refractivity contribution in [3.8, 4) is 0 Å². The molecule has 0 aliphatic heterocycles. The summed E-state index contributed by atoms with van der Waals surface area (Å²) in [6, 6.07) is 0. The third-order valence-corrected chi connectivity index (χ3v) is 9.58. The molecule has 1 aliphatic rings. The van der Waals surface area contributed by atoms with Gasteiger partial charge in [0.1, 0.15) is 0 Å². The molecule has 0 amide bonds. The van der Waals surface area contributed by atoms with Gasteiger partial charge in [0.2, 0.25) is 0 Å². The molecule has 0 radical (unpaired) electrons. The Hall–Kier alpha value is -0.0831. The van der Waals surface area contributed by atoms with Gasteiger partial charge in [-0.3, -0.25) is 0 Å². The van der Waals surface area contributed by atoms with Crippen molar-refractivity contribution in [2.24, 2.45) is 11.8 Å². The van der Waals surface area contributed by atoms with Gasteiger partial charge in [-0.05, 0) is 56.2 Å². The Morgan fingerprint density at radius 3 is 2.22 bits per heavy atom. The summed E-state index contributed by atoms with van der Waals surface area (Å²) in [5.41, 5.74) is 1.34. The normalized spacial score (nSPS) is 30.3. The lowest BCUT2D eigenvalue weighted by Crippen LogP contribution is -2.47. The van der Waals surface area contributed by atoms with Crippen LogP contribution in [0.3, 0.4) is 0 Å². The smallest absolute Gasteiger partial charge is 0.192 e. The zero-order valence-electron chi connectivity index (χ0n) is 13.5. The van der Waals surface area contributed by atoms with Gasteiger partial charge in [0.15, 0.2) is 8.32 Å². The molecule has 2 heteroatoms. The molecule has 0 aromatic carbocycles. The summed E-state index contributed by atoms with van der Waals surface area (Å²) in [6.45, 7) is 20.4. The average Bonchev–Trinajstić information content (AvgIpc) is 2.18. The van der Waals surface area contributed by atoms with Crippen molar-refractivity contribution < 1.29 is 4.43 Å². The highest BCUT2D eigenvalue weighted by molar-refractivity contribution is 6.74. The van der Waals surface area contributed by atoms with E-state index in [1.165, 1.54) is 24.8 Å². The van der Waals surface area contributed by atoms with Crippen LogP contribution in [-0.4, -0.2) is 14.4 Å². The van der Waals surface area contributed by atoms with Crippen molar-refractivity contribution in [2.45, 2.75) is 78.1 Å². The highest BCUT2D eigenvalue weighted by atomic mass is 28.4. The SMILES string of the molecule is C=C(C)C1CCC(C)C(O[Si](C)(C)C(C)(C)C)C1. The van der Waals surface area contributed by atoms with Crippen LogP contribution in [0.15, 0.2) is 12.2 Å². The third-order valence-electron chi connectivity index (χ3n) is 5.07. The van der Waals surface area contributed by atoms with Crippen molar-refractivity contribution in [1.82, 2.24) is 0 Å². The minimum Gasteiger partial charge on any atom is -0.414 e. The molecule has 3 atom stereocenters. The molecule has 1 rings (SSSR count). The topological polar surface area (TPSA) is 9.23 Å². The van der Waals surface area contributed by atoms with Gasteiger partial charge in [-0.25, -0.2) is 0 Å². The zero-order chi connectivity index (χ0) is 14.1. The van der Waals surface area contributed by atoms with E-state index in [0.717, 1.165) is 0 Å². The Kier molecular flexibility index (Phi) is 4.88. The first kappa shape index (κ1) is 16.0. The molecule has 18 heavy (non-hydrogen) atoms. The van der Waals surface area contributed by atoms with Crippen LogP contribution in [-0.2, 0) is 4.43 Å². The average molecular weight is 269 g/mol. The minimum atomic E-state index is -1.63. The van der Waals surface area contributed by atoms with Crippen molar-refractivity contribution in [3.63, 3.8) is 0 Å². The van der Waals surface area contributed by atoms with Crippen LogP contribution in [0.2, 0.25) is 18.1 Å². The predicted molar refractivity (Wildman–Crippen MR) is 83.4 cm³/mol. The van der Waals surface area contributed by atoms with E-state index in [-0.39, 0.29) is 0 Å². The van der Waals surface area contributed by atoms with Gasteiger partial charge in [-0.2, -0.15) is 0 Å². The van der Waals surface area contributed by atoms with Crippen LogP contribution in [0.1, 0.15) is 53.9 Å². The second-order valence-electron chi connectivity index (χ2n) is 7.75. The fraction of sp³-hybridized carbons (Fsp3) is 0.875. The van der Waals surface area contributed by atoms with Crippen LogP contribution >= 0.6 is 0 Å². The number of rotatable bonds is 3. The molecule has 0 saturated heterocycles. The van der Waals surface area contributed by atoms with Gasteiger partial charge < -0.3 is 4.43 Å². The van der Waals surface area contributed by atoms with E-state index < -0.39 is 8.32 Å². The first-order valence-electron chi connectivity index (χ1n) is 7.38. The lowest BCUT2D eigenvalue weighted by Gasteiger charge is -2.44. The molecule has 1 fully saturated rings. The summed E-state index contributed by atoms with van der Waals surface area (Å²) >= 11 is 0. The van der Waals surface area contributed by atoms with Gasteiger partial charge in [-0.15, -0.1) is 0 Å². The van der Waals surface area contributed by atoms with Crippen molar-refractivity contribution in [1.29, 1.82) is 0 Å². The van der Waals surface area contributed by atoms with E-state index in [0.29, 0.717) is 23.0 Å². The molecule has 1 aliphatic carbocycles. The fourth-order valence-corrected chi connectivity index (χ4v) is 3.89. The molecule has 0 N–H and O–H groups in total. The maximum atomic E-state index is 6.63. The van der Waals surface area contributed by atoms with Crippen molar-refractivity contribution in [2.75, 3.05) is 0 Å². The van der Waals surface area contributed by atoms with Crippen molar-refractivity contribution in [3.05, 3.63) is 12.2 Å². The van der Waals surface area contributed by atoms with E-state index in [1.54, 1.807) is 0 Å². The summed E-state index contributed by atoms with van der Waals surface area (Å²) in [7, 11) is -1.63. The maximum absolute atomic E-state index is 6.63. The summed E-state index contributed by atoms with van der Waals surface area (Å²) in [6.07, 6.45) is 4.22. The quantitative estimate of drug-likeness (QED) is 0.492. The molecule has 0 heterocycles. The first-order chi connectivity index (χ1) is 8.04. The molecule has 0 bridgehead atoms. The number of hydrogen-bond donors (Lipinski definition) is 0. The zero-order valence-corrected chi connectivity index (χ0v) is 14.5. The standard InChI is InChI=1S/C16H32OSi/c1-12(2)14-10-9-13(3)15(11-14)17-18(7,8)16(4,5)6/h13-15H,1,9-11H2,2-8H3. The Morgan fingerprint density at radius 2 is 1.78 bits per heavy atom. The molecular formula is C16H32OSi. The van der Waals surface area contributed by atoms with Crippen LogP contribution in [0.5, 0.6) is 0 Å². The lowest BCUT2D eigenvalue weighted by molar-refractivity contribution is 0.0705. The van der Waals surface area contributed by atoms with Gasteiger partial charge in [0.05, 0.1) is 0 Å². The van der Waals surface area contributed by atoms with Gasteiger partial charge >= 0.3 is 0 Å². The number of hydrogen-bond acceptors (Lipinski definition) is 1. The van der Waals surface area contributed by atoms with Crippen LogP contribution < -0.4 is 0 Å². The summed E-state index contributed by atoms with van der Waals surface area (Å²) in [5.74, 6) is 1.38. The Labute approximate surface area is 115 Å². The van der Waals surface area contributed by atoms with E-state index >= 15 is 0 Å². The number of allylic oxidation sites excluding steroid dienone is 1. The van der Waals surface area contributed by atoms with E-state index in [9.17, 15) is 0 Å². The van der Waals surface area contributed by atoms with Gasteiger partial charge in [-0.1, -0.05) is 39.8 Å². The second-order valence-corrected chi connectivity index (χ2v) is 12.5. The van der Waals surface area contributed by atoms with Gasteiger partial charge in [0.25, 0.3) is 0 Å². The highest BCUT2D eigenvalue weighted by Crippen LogP contribution is 2.42. The van der Waals surface area contributed by atoms with Crippen LogP contribution in [0.4, 0.5) is 0 Å². The Bertz CT molecular complexity index is 301. The summed E-state index contributed by atoms with van der Waals surface area (Å²) in [4.78, 5) is 0. The largest absolute Gasteiger partial charge is 0.414 e. The molecule has 1 nitrogen and oxygen atoms in total. The second kappa shape index (κ2) is 5.50. The molecule has 0 spiro atoms. The Balaban J connectivity index is 2.73. The molecule has 0 aromatic heterocycles. The minimum absolute atomic E-state index is 0.308. The molecule has 3 unspecified atom stereocenters. The third kappa shape index (κ3) is 3.71. The monoisotopic (exact) mass is 268 g/mol. The summed E-state index contributed by atoms with van der Waals surface area (Å²) < 4.78 is 6.63. The van der Waals surface area contributed by atoms with Crippen molar-refractivity contribution >= 4 is 8.32 Å². The van der Waals surface area contributed by atoms with Crippen LogP contribution in [0.25, 0.3) is 0 Å². The van der Waals surface area contributed by atoms with E-state index in [2.05, 4.69) is 54.3 Å². The fourth-order valence-electron chi connectivity index (χ4n) is 2.45. The molecule has 1 saturated carbocycles. The van der Waals surface area contributed by atoms with Crippen LogP contribution in [0, 0.1) is 11.8 Å². The van der Waals surface area contributed by atoms with E-state index in [4.69, 9.17) is 4.43 Å². The van der Waals surface area contributed by atoms with E-state index in [1.807, 2.05) is 0 Å². The predicted octanol–water partition coefficient (Wildman–Crippen LogP) is 5.39. The van der Waals surface area contributed by atoms with Gasteiger partial charge in [0, 0.05) is 6.10 Å². The summed E-state index contributed by atoms with van der Waals surface area (Å²) in [5, 5.41) is 0.308.